The molecule has 8 rings (SSSR count). The molecule has 12 heteroatoms. The third-order valence-electron chi connectivity index (χ3n) is 10.6. The number of phenolic OH excluding ortho intramolecular Hbond substituents is 2. The van der Waals surface area contributed by atoms with E-state index in [9.17, 15) is 29.4 Å². The normalized spacial score (nSPS) is 15.4. The van der Waals surface area contributed by atoms with Crippen LogP contribution in [0.3, 0.4) is 0 Å². The van der Waals surface area contributed by atoms with Gasteiger partial charge in [-0.15, -0.1) is 0 Å². The summed E-state index contributed by atoms with van der Waals surface area (Å²) < 4.78 is 0. The number of anilines is 2. The lowest BCUT2D eigenvalue weighted by Crippen LogP contribution is -2.31. The van der Waals surface area contributed by atoms with E-state index in [2.05, 4.69) is 55.0 Å². The van der Waals surface area contributed by atoms with Crippen LogP contribution in [-0.2, 0) is 0 Å². The molecule has 4 N–H and O–H groups in total. The largest absolute Gasteiger partial charge is 0.507 e. The van der Waals surface area contributed by atoms with Gasteiger partial charge in [-0.1, -0.05) is 48.5 Å². The highest BCUT2D eigenvalue weighted by molar-refractivity contribution is 6.32. The first-order valence-corrected chi connectivity index (χ1v) is 18.7. The summed E-state index contributed by atoms with van der Waals surface area (Å²) in [5.74, 6) is -1.57. The first kappa shape index (κ1) is 35.5. The Labute approximate surface area is 319 Å². The Kier molecular flexibility index (Phi) is 9.71. The van der Waals surface area contributed by atoms with Crippen molar-refractivity contribution in [3.8, 4) is 11.5 Å². The topological polar surface area (TPSA) is 146 Å². The minimum Gasteiger partial charge on any atom is -0.507 e. The summed E-state index contributed by atoms with van der Waals surface area (Å²) in [6.45, 7) is 6.34. The average Bonchev–Trinajstić information content (AvgIpc) is 3.86. The standard InChI is InChI=1S/C43H42N6O6/c50-34-14-12-32(36-38(34)42(54)30-10-3-1-8-28(30)40(36)52)44-16-5-18-46-22-24-48(26-46)20-7-21-49-25-23-47(27-49)19-6-17-45-33-13-15-35(51)39-37(33)41(53)29-9-2-4-11-31(29)43(39)55/h1-4,8-15,22-25,44-45,50-51H,5-7,16-21,26-27H2. The number of hydrogen-bond donors (Lipinski definition) is 4. The van der Waals surface area contributed by atoms with Crippen LogP contribution in [0.1, 0.15) is 82.9 Å². The maximum atomic E-state index is 13.3. The third kappa shape index (κ3) is 6.87. The maximum Gasteiger partial charge on any atom is 0.198 e. The molecule has 4 aliphatic rings. The summed E-state index contributed by atoms with van der Waals surface area (Å²) in [6, 6.07) is 19.7. The number of benzene rings is 4. The van der Waals surface area contributed by atoms with Crippen LogP contribution in [0, 0.1) is 0 Å². The van der Waals surface area contributed by atoms with Gasteiger partial charge in [0.15, 0.2) is 23.1 Å². The Balaban J connectivity index is 0.728. The Morgan fingerprint density at radius 3 is 1.13 bits per heavy atom. The van der Waals surface area contributed by atoms with Crippen molar-refractivity contribution in [3.63, 3.8) is 0 Å². The smallest absolute Gasteiger partial charge is 0.198 e. The maximum absolute atomic E-state index is 13.3. The number of carbonyl (C=O) groups is 4. The second-order valence-electron chi connectivity index (χ2n) is 14.2. The van der Waals surface area contributed by atoms with Crippen LogP contribution < -0.4 is 10.6 Å². The van der Waals surface area contributed by atoms with E-state index in [1.807, 2.05) is 0 Å². The molecule has 0 saturated carbocycles. The monoisotopic (exact) mass is 738 g/mol. The van der Waals surface area contributed by atoms with Gasteiger partial charge in [-0.3, -0.25) is 19.2 Å². The van der Waals surface area contributed by atoms with E-state index in [0.29, 0.717) is 46.7 Å². The van der Waals surface area contributed by atoms with Gasteiger partial charge in [0.05, 0.1) is 35.6 Å². The Bertz CT molecular complexity index is 2110. The van der Waals surface area contributed by atoms with E-state index in [0.717, 1.165) is 58.8 Å². The van der Waals surface area contributed by atoms with Crippen molar-refractivity contribution < 1.29 is 29.4 Å². The number of nitrogens with zero attached hydrogens (tertiary/aromatic N) is 4. The summed E-state index contributed by atoms with van der Waals surface area (Å²) in [7, 11) is 0. The molecule has 4 aromatic carbocycles. The summed E-state index contributed by atoms with van der Waals surface area (Å²) >= 11 is 0. The molecule has 0 fully saturated rings. The second kappa shape index (κ2) is 15.1. The highest BCUT2D eigenvalue weighted by Crippen LogP contribution is 2.38. The van der Waals surface area contributed by atoms with Gasteiger partial charge in [0.25, 0.3) is 0 Å². The van der Waals surface area contributed by atoms with Crippen LogP contribution in [0.5, 0.6) is 11.5 Å². The molecular formula is C43H42N6O6. The number of nitrogens with one attached hydrogen (secondary N) is 2. The van der Waals surface area contributed by atoms with Crippen molar-refractivity contribution in [1.82, 2.24) is 19.6 Å². The quantitative estimate of drug-likeness (QED) is 0.0835. The van der Waals surface area contributed by atoms with Crippen LogP contribution in [-0.4, -0.2) is 106 Å². The molecule has 12 nitrogen and oxygen atoms in total. The molecule has 0 radical (unpaired) electrons. The first-order valence-electron chi connectivity index (χ1n) is 18.7. The fraction of sp³-hybridized carbons (Fsp3) is 0.256. The van der Waals surface area contributed by atoms with Crippen LogP contribution in [0.2, 0.25) is 0 Å². The lowest BCUT2D eigenvalue weighted by Gasteiger charge is -2.24. The predicted molar refractivity (Wildman–Crippen MR) is 208 cm³/mol. The van der Waals surface area contributed by atoms with Crippen molar-refractivity contribution in [3.05, 3.63) is 142 Å². The van der Waals surface area contributed by atoms with E-state index in [1.165, 1.54) is 12.1 Å². The number of aromatic hydroxyl groups is 2. The molecule has 0 spiro atoms. The van der Waals surface area contributed by atoms with Gasteiger partial charge in [0.1, 0.15) is 11.5 Å². The minimum atomic E-state index is -0.339. The Morgan fingerprint density at radius 1 is 0.436 bits per heavy atom. The van der Waals surface area contributed by atoms with Crippen LogP contribution in [0.15, 0.2) is 97.6 Å². The van der Waals surface area contributed by atoms with Crippen LogP contribution in [0.4, 0.5) is 11.4 Å². The predicted octanol–water partition coefficient (Wildman–Crippen LogP) is 5.44. The Hall–Kier alpha value is -6.56. The van der Waals surface area contributed by atoms with Gasteiger partial charge in [-0.05, 0) is 43.5 Å². The highest BCUT2D eigenvalue weighted by Gasteiger charge is 2.35. The molecule has 2 aliphatic carbocycles. The average molecular weight is 739 g/mol. The van der Waals surface area contributed by atoms with Gasteiger partial charge in [0, 0.05) is 97.7 Å². The molecule has 0 unspecified atom stereocenters. The third-order valence-corrected chi connectivity index (χ3v) is 10.6. The number of carbonyl (C=O) groups excluding carboxylic acids is 4. The molecule has 0 atom stereocenters. The van der Waals surface area contributed by atoms with Crippen molar-refractivity contribution in [2.24, 2.45) is 0 Å². The van der Waals surface area contributed by atoms with E-state index in [-0.39, 0.29) is 56.9 Å². The van der Waals surface area contributed by atoms with E-state index < -0.39 is 0 Å². The number of fused-ring (bicyclic) bond motifs is 4. The SMILES string of the molecule is O=C1c2ccccc2C(=O)c2c(NCCCN3C=CN(CCCN4C=CN(CCCNc5ccc(O)c6c5C(=O)c5ccccc5C6=O)C4)C3)ccc(O)c21. The van der Waals surface area contributed by atoms with Gasteiger partial charge >= 0.3 is 0 Å². The lowest BCUT2D eigenvalue weighted by molar-refractivity contribution is 0.0977. The first-order chi connectivity index (χ1) is 26.8. The van der Waals surface area contributed by atoms with Crippen LogP contribution in [0.25, 0.3) is 0 Å². The molecule has 0 saturated heterocycles. The fourth-order valence-corrected chi connectivity index (χ4v) is 7.81. The summed E-state index contributed by atoms with van der Waals surface area (Å²) in [4.78, 5) is 62.0. The van der Waals surface area contributed by atoms with Gasteiger partial charge < -0.3 is 40.4 Å². The number of phenols is 2. The van der Waals surface area contributed by atoms with E-state index >= 15 is 0 Å². The van der Waals surface area contributed by atoms with Crippen LogP contribution >= 0.6 is 0 Å². The summed E-state index contributed by atoms with van der Waals surface area (Å²) in [6.07, 6.45) is 11.1. The molecular weight excluding hydrogens is 697 g/mol. The molecule has 0 amide bonds. The molecule has 2 heterocycles. The van der Waals surface area contributed by atoms with Gasteiger partial charge in [0.2, 0.25) is 0 Å². The molecule has 280 valence electrons. The molecule has 0 aromatic heterocycles. The van der Waals surface area contributed by atoms with Gasteiger partial charge in [-0.25, -0.2) is 0 Å². The van der Waals surface area contributed by atoms with Crippen molar-refractivity contribution in [2.75, 3.05) is 63.2 Å². The summed E-state index contributed by atoms with van der Waals surface area (Å²) in [5, 5.41) is 27.6. The molecule has 2 aliphatic heterocycles. The number of rotatable bonds is 14. The van der Waals surface area contributed by atoms with Crippen molar-refractivity contribution in [1.29, 1.82) is 0 Å². The number of hydrogen-bond acceptors (Lipinski definition) is 12. The van der Waals surface area contributed by atoms with Gasteiger partial charge in [-0.2, -0.15) is 0 Å². The Morgan fingerprint density at radius 2 is 0.764 bits per heavy atom. The zero-order valence-corrected chi connectivity index (χ0v) is 30.3. The zero-order chi connectivity index (χ0) is 38.1. The lowest BCUT2D eigenvalue weighted by atomic mass is 9.82. The minimum absolute atomic E-state index is 0.0632. The van der Waals surface area contributed by atoms with Crippen molar-refractivity contribution >= 4 is 34.5 Å². The highest BCUT2D eigenvalue weighted by atomic mass is 16.3. The van der Waals surface area contributed by atoms with E-state index in [1.54, 1.807) is 60.7 Å². The molecule has 0 bridgehead atoms. The molecule has 4 aromatic rings. The van der Waals surface area contributed by atoms with E-state index in [4.69, 9.17) is 0 Å². The zero-order valence-electron chi connectivity index (χ0n) is 30.3. The fourth-order valence-electron chi connectivity index (χ4n) is 7.81. The molecule has 55 heavy (non-hydrogen) atoms. The number of ketones is 4. The second-order valence-corrected chi connectivity index (χ2v) is 14.2. The summed E-state index contributed by atoms with van der Waals surface area (Å²) in [5.41, 5.74) is 3.06. The van der Waals surface area contributed by atoms with Crippen molar-refractivity contribution in [2.45, 2.75) is 19.3 Å².